The van der Waals surface area contributed by atoms with E-state index in [1.54, 1.807) is 0 Å². The standard InChI is InChI=1S/C61H98O6/c1-4-7-10-13-16-19-22-25-28-29-30-31-34-36-39-42-45-48-51-54-60(63)66-57-58(67-61(64)55-52-49-46-43-40-37-33-27-24-21-18-15-12-9-6-3)56-65-59(62)53-50-47-44-41-38-35-32-26-23-20-17-14-11-8-5-2/h16-21,25-28,30-33,36,38-41,43,58H,4-15,22-24,29,34-35,37,42,44-57H2,1-3H3/b19-16-,20-17-,21-18-,28-25-,31-30-,32-26-,33-27-,39-36-,41-38-,43-40-/t58-/m0/s1. The molecule has 0 amide bonds. The summed E-state index contributed by atoms with van der Waals surface area (Å²) in [4.78, 5) is 38.0. The number of carbonyl (C=O) groups is 3. The van der Waals surface area contributed by atoms with Gasteiger partial charge in [0, 0.05) is 19.3 Å². The third kappa shape index (κ3) is 52.6. The molecule has 0 spiro atoms. The van der Waals surface area contributed by atoms with Gasteiger partial charge >= 0.3 is 17.9 Å². The van der Waals surface area contributed by atoms with Crippen molar-refractivity contribution < 1.29 is 28.6 Å². The molecule has 6 nitrogen and oxygen atoms in total. The van der Waals surface area contributed by atoms with Crippen molar-refractivity contribution in [3.05, 3.63) is 122 Å². The Hall–Kier alpha value is -4.19. The molecule has 0 heterocycles. The largest absolute Gasteiger partial charge is 0.462 e. The molecule has 0 aromatic heterocycles. The van der Waals surface area contributed by atoms with Crippen molar-refractivity contribution in [2.24, 2.45) is 0 Å². The number of rotatable bonds is 47. The van der Waals surface area contributed by atoms with Gasteiger partial charge in [-0.05, 0) is 141 Å². The van der Waals surface area contributed by atoms with Crippen LogP contribution in [-0.4, -0.2) is 37.2 Å². The summed E-state index contributed by atoms with van der Waals surface area (Å²) in [5, 5.41) is 0. The van der Waals surface area contributed by atoms with E-state index in [1.807, 2.05) is 0 Å². The average molecular weight is 927 g/mol. The van der Waals surface area contributed by atoms with Gasteiger partial charge in [0.1, 0.15) is 13.2 Å². The number of allylic oxidation sites excluding steroid dienone is 20. The zero-order valence-electron chi connectivity index (χ0n) is 43.1. The molecule has 0 saturated carbocycles. The van der Waals surface area contributed by atoms with Crippen molar-refractivity contribution in [2.75, 3.05) is 13.2 Å². The smallest absolute Gasteiger partial charge is 0.306 e. The number of ether oxygens (including phenoxy) is 3. The minimum absolute atomic E-state index is 0.126. The Morgan fingerprint density at radius 1 is 0.299 bits per heavy atom. The lowest BCUT2D eigenvalue weighted by Gasteiger charge is -2.18. The van der Waals surface area contributed by atoms with E-state index in [4.69, 9.17) is 14.2 Å². The highest BCUT2D eigenvalue weighted by Gasteiger charge is 2.19. The molecule has 6 heteroatoms. The SMILES string of the molecule is CCCCC/C=C\C/C=C\C/C=C\C/C=C\CCCCCC(=O)OC[C@H](COC(=O)CCCC/C=C\C/C=C\C/C=C\CCCCC)OC(=O)CCCC/C=C\C/C=C\C/C=C\CCCCC. The fourth-order valence-electron chi connectivity index (χ4n) is 6.79. The van der Waals surface area contributed by atoms with Gasteiger partial charge in [-0.1, -0.05) is 187 Å². The van der Waals surface area contributed by atoms with Gasteiger partial charge in [-0.3, -0.25) is 14.4 Å². The Morgan fingerprint density at radius 3 is 0.836 bits per heavy atom. The molecule has 0 rings (SSSR count). The highest BCUT2D eigenvalue weighted by Crippen LogP contribution is 2.11. The van der Waals surface area contributed by atoms with Gasteiger partial charge in [-0.2, -0.15) is 0 Å². The molecule has 0 unspecified atom stereocenters. The molecule has 1 atom stereocenters. The van der Waals surface area contributed by atoms with Crippen molar-refractivity contribution >= 4 is 17.9 Å². The quantitative estimate of drug-likeness (QED) is 0.0262. The number of hydrogen-bond acceptors (Lipinski definition) is 6. The van der Waals surface area contributed by atoms with Crippen molar-refractivity contribution in [3.63, 3.8) is 0 Å². The third-order valence-corrected chi connectivity index (χ3v) is 10.9. The van der Waals surface area contributed by atoms with E-state index in [0.717, 1.165) is 96.3 Å². The van der Waals surface area contributed by atoms with Gasteiger partial charge in [-0.15, -0.1) is 0 Å². The summed E-state index contributed by atoms with van der Waals surface area (Å²) in [6.45, 7) is 6.44. The fourth-order valence-corrected chi connectivity index (χ4v) is 6.79. The minimum atomic E-state index is -0.830. The van der Waals surface area contributed by atoms with Crippen molar-refractivity contribution in [1.29, 1.82) is 0 Å². The Balaban J connectivity index is 4.58. The maximum atomic E-state index is 12.8. The summed E-state index contributed by atoms with van der Waals surface area (Å²) in [6.07, 6.45) is 74.7. The van der Waals surface area contributed by atoms with E-state index in [9.17, 15) is 14.4 Å². The van der Waals surface area contributed by atoms with Crippen molar-refractivity contribution in [1.82, 2.24) is 0 Å². The van der Waals surface area contributed by atoms with Crippen LogP contribution in [0.25, 0.3) is 0 Å². The van der Waals surface area contributed by atoms with Crippen LogP contribution in [0.4, 0.5) is 0 Å². The number of unbranched alkanes of at least 4 members (excludes halogenated alkanes) is 16. The predicted molar refractivity (Wildman–Crippen MR) is 288 cm³/mol. The van der Waals surface area contributed by atoms with E-state index in [-0.39, 0.29) is 37.5 Å². The topological polar surface area (TPSA) is 78.9 Å². The predicted octanol–water partition coefficient (Wildman–Crippen LogP) is 18.1. The van der Waals surface area contributed by atoms with Crippen LogP contribution in [0.5, 0.6) is 0 Å². The van der Waals surface area contributed by atoms with Gasteiger partial charge in [0.05, 0.1) is 0 Å². The first-order chi connectivity index (χ1) is 33.0. The average Bonchev–Trinajstić information content (AvgIpc) is 3.33. The normalized spacial score (nSPS) is 13.1. The summed E-state index contributed by atoms with van der Waals surface area (Å²) < 4.78 is 16.7. The maximum absolute atomic E-state index is 12.8. The summed E-state index contributed by atoms with van der Waals surface area (Å²) in [5.74, 6) is -1.04. The lowest BCUT2D eigenvalue weighted by Crippen LogP contribution is -2.30. The second-order valence-corrected chi connectivity index (χ2v) is 17.4. The van der Waals surface area contributed by atoms with E-state index < -0.39 is 6.10 Å². The highest BCUT2D eigenvalue weighted by molar-refractivity contribution is 5.71. The van der Waals surface area contributed by atoms with E-state index in [0.29, 0.717) is 25.7 Å². The lowest BCUT2D eigenvalue weighted by atomic mass is 10.1. The van der Waals surface area contributed by atoms with Crippen LogP contribution in [0, 0.1) is 0 Å². The monoisotopic (exact) mass is 927 g/mol. The Labute approximate surface area is 412 Å². The number of esters is 3. The van der Waals surface area contributed by atoms with Gasteiger partial charge in [-0.25, -0.2) is 0 Å². The molecule has 0 N–H and O–H groups in total. The molecule has 0 fully saturated rings. The fraction of sp³-hybridized carbons (Fsp3) is 0.623. The Kier molecular flexibility index (Phi) is 51.0. The molecule has 378 valence electrons. The molecule has 67 heavy (non-hydrogen) atoms. The lowest BCUT2D eigenvalue weighted by molar-refractivity contribution is -0.167. The first-order valence-electron chi connectivity index (χ1n) is 27.0. The van der Waals surface area contributed by atoms with Crippen LogP contribution < -0.4 is 0 Å². The molecule has 0 aromatic rings. The van der Waals surface area contributed by atoms with Crippen LogP contribution in [0.1, 0.15) is 226 Å². The third-order valence-electron chi connectivity index (χ3n) is 10.9. The highest BCUT2D eigenvalue weighted by atomic mass is 16.6. The number of hydrogen-bond donors (Lipinski definition) is 0. The molecule has 0 aliphatic rings. The van der Waals surface area contributed by atoms with Crippen LogP contribution >= 0.6 is 0 Å². The van der Waals surface area contributed by atoms with Gasteiger partial charge in [0.15, 0.2) is 6.10 Å². The summed E-state index contributed by atoms with van der Waals surface area (Å²) in [6, 6.07) is 0. The first kappa shape index (κ1) is 62.8. The van der Waals surface area contributed by atoms with E-state index in [2.05, 4.69) is 142 Å². The van der Waals surface area contributed by atoms with Gasteiger partial charge in [0.2, 0.25) is 0 Å². The minimum Gasteiger partial charge on any atom is -0.462 e. The number of carbonyl (C=O) groups excluding carboxylic acids is 3. The summed E-state index contributed by atoms with van der Waals surface area (Å²) >= 11 is 0. The van der Waals surface area contributed by atoms with E-state index >= 15 is 0 Å². The Bertz CT molecular complexity index is 1440. The maximum Gasteiger partial charge on any atom is 0.306 e. The van der Waals surface area contributed by atoms with Crippen LogP contribution in [0.2, 0.25) is 0 Å². The second-order valence-electron chi connectivity index (χ2n) is 17.4. The van der Waals surface area contributed by atoms with Crippen molar-refractivity contribution in [2.45, 2.75) is 232 Å². The second kappa shape index (κ2) is 54.4. The zero-order valence-corrected chi connectivity index (χ0v) is 43.1. The summed E-state index contributed by atoms with van der Waals surface area (Å²) in [7, 11) is 0. The van der Waals surface area contributed by atoms with Gasteiger partial charge in [0.25, 0.3) is 0 Å². The van der Waals surface area contributed by atoms with Crippen LogP contribution in [-0.2, 0) is 28.6 Å². The zero-order chi connectivity index (χ0) is 48.6. The molecule has 0 aliphatic carbocycles. The first-order valence-corrected chi connectivity index (χ1v) is 27.0. The molecule has 0 bridgehead atoms. The van der Waals surface area contributed by atoms with Crippen LogP contribution in [0.15, 0.2) is 122 Å². The Morgan fingerprint density at radius 2 is 0.537 bits per heavy atom. The molecule has 0 aromatic carbocycles. The summed E-state index contributed by atoms with van der Waals surface area (Å²) in [5.41, 5.74) is 0. The molecular weight excluding hydrogens is 829 g/mol. The molecular formula is C61H98O6. The van der Waals surface area contributed by atoms with Crippen molar-refractivity contribution in [3.8, 4) is 0 Å². The van der Waals surface area contributed by atoms with E-state index in [1.165, 1.54) is 77.0 Å². The molecule has 0 aliphatic heterocycles. The van der Waals surface area contributed by atoms with Gasteiger partial charge < -0.3 is 14.2 Å². The molecule has 0 radical (unpaired) electrons. The molecule has 0 saturated heterocycles. The van der Waals surface area contributed by atoms with Crippen LogP contribution in [0.3, 0.4) is 0 Å².